The number of benzene rings is 2. The fourth-order valence-corrected chi connectivity index (χ4v) is 5.82. The number of fused-ring (bicyclic) bond motifs is 1. The van der Waals surface area contributed by atoms with Crippen molar-refractivity contribution in [3.63, 3.8) is 0 Å². The zero-order valence-corrected chi connectivity index (χ0v) is 20.9. The van der Waals surface area contributed by atoms with Crippen molar-refractivity contribution in [2.24, 2.45) is 0 Å². The summed E-state index contributed by atoms with van der Waals surface area (Å²) in [5.74, 6) is -2.11. The Labute approximate surface area is 211 Å². The van der Waals surface area contributed by atoms with Crippen molar-refractivity contribution in [2.45, 2.75) is 4.90 Å². The van der Waals surface area contributed by atoms with Gasteiger partial charge in [-0.3, -0.25) is 9.10 Å². The Morgan fingerprint density at radius 1 is 1.17 bits per heavy atom. The van der Waals surface area contributed by atoms with Gasteiger partial charge in [-0.25, -0.2) is 27.4 Å². The van der Waals surface area contributed by atoms with Gasteiger partial charge in [0.15, 0.2) is 0 Å². The molecule has 0 fully saturated rings. The van der Waals surface area contributed by atoms with Crippen LogP contribution in [0.5, 0.6) is 0 Å². The maximum Gasteiger partial charge on any atom is 0.346 e. The second-order valence-electron chi connectivity index (χ2n) is 7.32. The molecule has 0 spiro atoms. The Bertz CT molecular complexity index is 1770. The Kier molecular flexibility index (Phi) is 6.47. The number of aromatic nitrogens is 2. The number of carboxylic acid groups (broad SMARTS) is 1. The molecule has 0 amide bonds. The van der Waals surface area contributed by atoms with E-state index >= 15 is 0 Å². The van der Waals surface area contributed by atoms with Crippen molar-refractivity contribution < 1.29 is 27.9 Å². The molecule has 0 radical (unpaired) electrons. The maximum atomic E-state index is 13.5. The van der Waals surface area contributed by atoms with Gasteiger partial charge in [0, 0.05) is 12.4 Å². The van der Waals surface area contributed by atoms with Crippen molar-refractivity contribution in [1.29, 1.82) is 0 Å². The molecule has 0 aliphatic heterocycles. The average Bonchev–Trinajstić information content (AvgIpc) is 3.28. The molecule has 0 atom stereocenters. The summed E-state index contributed by atoms with van der Waals surface area (Å²) in [6, 6.07) is 9.26. The highest BCUT2D eigenvalue weighted by Crippen LogP contribution is 2.29. The summed E-state index contributed by atoms with van der Waals surface area (Å²) in [6.45, 7) is 0. The van der Waals surface area contributed by atoms with Gasteiger partial charge in [-0.05, 0) is 30.3 Å². The number of hydrogen-bond donors (Lipinski definition) is 2. The number of nitrogens with one attached hydrogen (secondary N) is 1. The van der Waals surface area contributed by atoms with E-state index in [1.807, 2.05) is 0 Å². The smallest absolute Gasteiger partial charge is 0.346 e. The quantitative estimate of drug-likeness (QED) is 0.348. The predicted octanol–water partition coefficient (Wildman–Crippen LogP) is 2.70. The van der Waals surface area contributed by atoms with E-state index in [0.717, 1.165) is 28.8 Å². The molecular weight excluding hydrogens is 534 g/mol. The Morgan fingerprint density at radius 3 is 2.53 bits per heavy atom. The summed E-state index contributed by atoms with van der Waals surface area (Å²) < 4.78 is 33.1. The predicted molar refractivity (Wildman–Crippen MR) is 133 cm³/mol. The lowest BCUT2D eigenvalue weighted by Gasteiger charge is -2.22. The third-order valence-electron chi connectivity index (χ3n) is 5.31. The van der Waals surface area contributed by atoms with Crippen LogP contribution in [0.1, 0.15) is 20.0 Å². The number of carbonyl (C=O) groups is 2. The number of thiophene rings is 1. The number of para-hydroxylation sites is 1. The number of carbonyl (C=O) groups excluding carboxylic acids is 1. The first-order chi connectivity index (χ1) is 17.0. The van der Waals surface area contributed by atoms with Gasteiger partial charge < -0.3 is 14.8 Å². The fraction of sp³-hybridized carbons (Fsp3) is 0.0909. The van der Waals surface area contributed by atoms with Gasteiger partial charge in [0.25, 0.3) is 15.6 Å². The van der Waals surface area contributed by atoms with Crippen LogP contribution in [0.4, 0.5) is 5.69 Å². The summed E-state index contributed by atoms with van der Waals surface area (Å²) in [5, 5.41) is 10.3. The molecule has 2 N–H and O–H groups in total. The van der Waals surface area contributed by atoms with E-state index < -0.39 is 33.2 Å². The first kappa shape index (κ1) is 25.2. The van der Waals surface area contributed by atoms with E-state index in [0.29, 0.717) is 4.57 Å². The normalized spacial score (nSPS) is 11.4. The van der Waals surface area contributed by atoms with Crippen molar-refractivity contribution in [3.05, 3.63) is 84.1 Å². The molecule has 2 aromatic heterocycles. The second kappa shape index (κ2) is 9.26. The number of carboxylic acids is 1. The molecule has 0 unspecified atom stereocenters. The highest BCUT2D eigenvalue weighted by molar-refractivity contribution is 7.92. The minimum Gasteiger partial charge on any atom is -0.477 e. The van der Waals surface area contributed by atoms with Crippen molar-refractivity contribution in [2.75, 3.05) is 18.5 Å². The first-order valence-electron chi connectivity index (χ1n) is 9.95. The summed E-state index contributed by atoms with van der Waals surface area (Å²) in [5.41, 5.74) is -2.14. The molecule has 0 saturated carbocycles. The van der Waals surface area contributed by atoms with Gasteiger partial charge in [-0.1, -0.05) is 23.7 Å². The molecule has 0 aliphatic carbocycles. The van der Waals surface area contributed by atoms with Crippen molar-refractivity contribution in [3.8, 4) is 5.69 Å². The van der Waals surface area contributed by atoms with E-state index in [9.17, 15) is 32.7 Å². The Morgan fingerprint density at radius 2 is 1.86 bits per heavy atom. The number of esters is 1. The number of sulfonamides is 1. The third-order valence-corrected chi connectivity index (χ3v) is 8.37. The zero-order valence-electron chi connectivity index (χ0n) is 18.5. The Hall–Kier alpha value is -3.94. The van der Waals surface area contributed by atoms with E-state index in [-0.39, 0.29) is 42.6 Å². The number of anilines is 1. The summed E-state index contributed by atoms with van der Waals surface area (Å²) >= 11 is 7.00. The minimum absolute atomic E-state index is 0.00275. The lowest BCUT2D eigenvalue weighted by molar-refractivity contribution is 0.0600. The minimum atomic E-state index is -4.34. The van der Waals surface area contributed by atoms with E-state index in [1.54, 1.807) is 6.07 Å². The second-order valence-corrected chi connectivity index (χ2v) is 10.6. The number of ether oxygens (including phenoxy) is 1. The summed E-state index contributed by atoms with van der Waals surface area (Å²) in [6.07, 6.45) is 0. The monoisotopic (exact) mass is 549 g/mol. The van der Waals surface area contributed by atoms with Crippen LogP contribution >= 0.6 is 22.9 Å². The number of aromatic carboxylic acids is 1. The van der Waals surface area contributed by atoms with Gasteiger partial charge in [0.1, 0.15) is 4.88 Å². The number of rotatable bonds is 6. The highest BCUT2D eigenvalue weighted by atomic mass is 35.5. The lowest BCUT2D eigenvalue weighted by atomic mass is 10.2. The van der Waals surface area contributed by atoms with Gasteiger partial charge in [-0.15, -0.1) is 11.3 Å². The van der Waals surface area contributed by atoms with Crippen LogP contribution in [0.2, 0.25) is 5.02 Å². The number of aromatic amines is 1. The van der Waals surface area contributed by atoms with E-state index in [4.69, 9.17) is 16.3 Å². The molecule has 4 rings (SSSR count). The maximum absolute atomic E-state index is 13.5. The molecule has 2 aromatic carbocycles. The Balaban J connectivity index is 1.91. The molecule has 2 heterocycles. The standard InChI is InChI=1S/C22H16ClN3O8S2/c1-25(15-6-4-3-5-12(15)21(30)34-2)36(32,33)11-7-8-13(23)16(9-11)26-19(27)17-14(24-22(26)31)10-35-18(17)20(28)29/h3-10H,1-2H3,(H,24,31)(H,28,29). The van der Waals surface area contributed by atoms with Crippen molar-refractivity contribution in [1.82, 2.24) is 9.55 Å². The van der Waals surface area contributed by atoms with Crippen LogP contribution in [0, 0.1) is 0 Å². The highest BCUT2D eigenvalue weighted by Gasteiger charge is 2.27. The largest absolute Gasteiger partial charge is 0.477 e. The summed E-state index contributed by atoms with van der Waals surface area (Å²) in [7, 11) is -1.95. The molecule has 4 aromatic rings. The van der Waals surface area contributed by atoms with Crippen LogP contribution in [0.15, 0.2) is 62.3 Å². The fourth-order valence-electron chi connectivity index (χ4n) is 3.56. The van der Waals surface area contributed by atoms with Crippen LogP contribution in [-0.4, -0.2) is 49.2 Å². The molecule has 0 aliphatic rings. The van der Waals surface area contributed by atoms with Crippen LogP contribution in [-0.2, 0) is 14.8 Å². The zero-order chi connectivity index (χ0) is 26.4. The number of halogens is 1. The average molecular weight is 550 g/mol. The number of hydrogen-bond acceptors (Lipinski definition) is 8. The number of nitrogens with zero attached hydrogens (tertiary/aromatic N) is 2. The molecule has 186 valence electrons. The lowest BCUT2D eigenvalue weighted by Crippen LogP contribution is -2.34. The first-order valence-corrected chi connectivity index (χ1v) is 12.6. The molecule has 36 heavy (non-hydrogen) atoms. The van der Waals surface area contributed by atoms with Crippen LogP contribution in [0.25, 0.3) is 16.6 Å². The number of H-pyrrole nitrogens is 1. The molecule has 11 nitrogen and oxygen atoms in total. The van der Waals surface area contributed by atoms with E-state index in [1.165, 1.54) is 42.8 Å². The van der Waals surface area contributed by atoms with Crippen LogP contribution < -0.4 is 15.6 Å². The molecule has 0 bridgehead atoms. The molecule has 14 heteroatoms. The van der Waals surface area contributed by atoms with Gasteiger partial charge in [0.05, 0.1) is 44.9 Å². The van der Waals surface area contributed by atoms with Gasteiger partial charge in [-0.2, -0.15) is 0 Å². The third kappa shape index (κ3) is 4.06. The summed E-state index contributed by atoms with van der Waals surface area (Å²) in [4.78, 5) is 51.4. The van der Waals surface area contributed by atoms with Crippen molar-refractivity contribution >= 4 is 61.5 Å². The topological polar surface area (TPSA) is 156 Å². The van der Waals surface area contributed by atoms with Gasteiger partial charge >= 0.3 is 17.6 Å². The van der Waals surface area contributed by atoms with Crippen LogP contribution in [0.3, 0.4) is 0 Å². The van der Waals surface area contributed by atoms with E-state index in [2.05, 4.69) is 4.98 Å². The molecular formula is C22H16ClN3O8S2. The SMILES string of the molecule is COC(=O)c1ccccc1N(C)S(=O)(=O)c1ccc(Cl)c(-n2c(=O)[nH]c3csc(C(=O)O)c3c2=O)c1. The van der Waals surface area contributed by atoms with Gasteiger partial charge in [0.2, 0.25) is 0 Å². The number of methoxy groups -OCH3 is 1. The molecule has 0 saturated heterocycles.